The Balaban J connectivity index is 2.33. The summed E-state index contributed by atoms with van der Waals surface area (Å²) in [6.45, 7) is 0. The largest absolute Gasteiger partial charge is 0.497 e. The van der Waals surface area contributed by atoms with Gasteiger partial charge in [-0.05, 0) is 29.8 Å². The number of hydrogen-bond acceptors (Lipinski definition) is 2. The van der Waals surface area contributed by atoms with E-state index >= 15 is 0 Å². The predicted molar refractivity (Wildman–Crippen MR) is 64.4 cm³/mol. The third kappa shape index (κ3) is 1.95. The van der Waals surface area contributed by atoms with Crippen LogP contribution < -0.4 is 10.5 Å². The van der Waals surface area contributed by atoms with Crippen molar-refractivity contribution in [2.75, 3.05) is 7.11 Å². The second-order valence-electron chi connectivity index (χ2n) is 3.80. The maximum Gasteiger partial charge on any atom is 0.119 e. The van der Waals surface area contributed by atoms with Crippen LogP contribution in [0.15, 0.2) is 42.6 Å². The molecule has 0 spiro atoms. The van der Waals surface area contributed by atoms with Crippen molar-refractivity contribution in [1.82, 2.24) is 4.57 Å². The molecule has 1 heterocycles. The number of aromatic nitrogens is 1. The molecule has 2 N–H and O–H groups in total. The van der Waals surface area contributed by atoms with E-state index in [-0.39, 0.29) is 6.04 Å². The molecule has 0 aliphatic heterocycles. The molecule has 1 aromatic heterocycles. The van der Waals surface area contributed by atoms with Crippen molar-refractivity contribution in [1.29, 1.82) is 0 Å². The Bertz CT molecular complexity index is 476. The van der Waals surface area contributed by atoms with E-state index in [0.29, 0.717) is 0 Å². The van der Waals surface area contributed by atoms with Crippen LogP contribution in [-0.4, -0.2) is 11.7 Å². The lowest BCUT2D eigenvalue weighted by molar-refractivity contribution is 0.414. The molecule has 2 rings (SSSR count). The van der Waals surface area contributed by atoms with Crippen molar-refractivity contribution in [2.24, 2.45) is 12.8 Å². The molecule has 3 nitrogen and oxygen atoms in total. The van der Waals surface area contributed by atoms with E-state index in [4.69, 9.17) is 10.5 Å². The van der Waals surface area contributed by atoms with Gasteiger partial charge in [-0.15, -0.1) is 0 Å². The van der Waals surface area contributed by atoms with E-state index in [1.807, 2.05) is 54.2 Å². The number of benzene rings is 1. The van der Waals surface area contributed by atoms with Crippen LogP contribution in [0.2, 0.25) is 0 Å². The van der Waals surface area contributed by atoms with E-state index in [1.54, 1.807) is 7.11 Å². The van der Waals surface area contributed by atoms with Gasteiger partial charge in [0.05, 0.1) is 13.2 Å². The van der Waals surface area contributed by atoms with Gasteiger partial charge in [0.25, 0.3) is 0 Å². The zero-order valence-electron chi connectivity index (χ0n) is 9.55. The second kappa shape index (κ2) is 4.41. The summed E-state index contributed by atoms with van der Waals surface area (Å²) in [5, 5.41) is 0. The summed E-state index contributed by atoms with van der Waals surface area (Å²) in [6, 6.07) is 11.8. The molecule has 0 bridgehead atoms. The molecule has 0 fully saturated rings. The lowest BCUT2D eigenvalue weighted by Gasteiger charge is -2.14. The first kappa shape index (κ1) is 10.8. The Hall–Kier alpha value is -1.74. The van der Waals surface area contributed by atoms with Gasteiger partial charge in [0, 0.05) is 18.9 Å². The van der Waals surface area contributed by atoms with Gasteiger partial charge in [-0.25, -0.2) is 0 Å². The van der Waals surface area contributed by atoms with Gasteiger partial charge in [-0.3, -0.25) is 0 Å². The molecule has 84 valence electrons. The summed E-state index contributed by atoms with van der Waals surface area (Å²) in [5.74, 6) is 0.835. The maximum absolute atomic E-state index is 6.21. The van der Waals surface area contributed by atoms with Crippen LogP contribution in [-0.2, 0) is 7.05 Å². The normalized spacial score (nSPS) is 12.4. The number of nitrogens with zero attached hydrogens (tertiary/aromatic N) is 1. The van der Waals surface area contributed by atoms with Crippen molar-refractivity contribution < 1.29 is 4.74 Å². The molecule has 0 amide bonds. The quantitative estimate of drug-likeness (QED) is 0.853. The van der Waals surface area contributed by atoms with Crippen LogP contribution in [0, 0.1) is 0 Å². The Kier molecular flexibility index (Phi) is 2.97. The maximum atomic E-state index is 6.21. The molecule has 0 aliphatic carbocycles. The average molecular weight is 216 g/mol. The number of hydrogen-bond donors (Lipinski definition) is 1. The van der Waals surface area contributed by atoms with Crippen LogP contribution in [0.1, 0.15) is 17.3 Å². The minimum atomic E-state index is -0.116. The molecular formula is C13H16N2O. The van der Waals surface area contributed by atoms with Crippen LogP contribution in [0.3, 0.4) is 0 Å². The molecule has 0 aliphatic rings. The van der Waals surface area contributed by atoms with E-state index in [0.717, 1.165) is 17.0 Å². The summed E-state index contributed by atoms with van der Waals surface area (Å²) in [5.41, 5.74) is 8.36. The van der Waals surface area contributed by atoms with E-state index < -0.39 is 0 Å². The third-order valence-corrected chi connectivity index (χ3v) is 2.76. The molecule has 16 heavy (non-hydrogen) atoms. The average Bonchev–Trinajstić information content (AvgIpc) is 2.74. The van der Waals surface area contributed by atoms with Crippen molar-refractivity contribution >= 4 is 0 Å². The standard InChI is InChI=1S/C13H16N2O/c1-15-8-4-7-12(15)13(14)10-5-3-6-11(9-10)16-2/h3-9,13H,14H2,1-2H3. The van der Waals surface area contributed by atoms with Crippen LogP contribution in [0.25, 0.3) is 0 Å². The Morgan fingerprint density at radius 3 is 2.69 bits per heavy atom. The number of nitrogens with two attached hydrogens (primary N) is 1. The topological polar surface area (TPSA) is 40.2 Å². The van der Waals surface area contributed by atoms with Gasteiger partial charge in [-0.1, -0.05) is 12.1 Å². The fourth-order valence-electron chi connectivity index (χ4n) is 1.80. The summed E-state index contributed by atoms with van der Waals surface area (Å²) in [4.78, 5) is 0. The van der Waals surface area contributed by atoms with Gasteiger partial charge < -0.3 is 15.0 Å². The molecule has 1 unspecified atom stereocenters. The monoisotopic (exact) mass is 216 g/mol. The SMILES string of the molecule is COc1cccc(C(N)c2cccn2C)c1. The van der Waals surface area contributed by atoms with Crippen molar-refractivity contribution in [3.05, 3.63) is 53.9 Å². The second-order valence-corrected chi connectivity index (χ2v) is 3.80. The Morgan fingerprint density at radius 1 is 1.25 bits per heavy atom. The fraction of sp³-hybridized carbons (Fsp3) is 0.231. The highest BCUT2D eigenvalue weighted by Gasteiger charge is 2.11. The molecule has 0 radical (unpaired) electrons. The fourth-order valence-corrected chi connectivity index (χ4v) is 1.80. The highest BCUT2D eigenvalue weighted by atomic mass is 16.5. The first-order valence-corrected chi connectivity index (χ1v) is 5.23. The Morgan fingerprint density at radius 2 is 2.06 bits per heavy atom. The molecule has 2 aromatic rings. The zero-order valence-corrected chi connectivity index (χ0v) is 9.55. The molecule has 1 aromatic carbocycles. The van der Waals surface area contributed by atoms with Gasteiger partial charge in [0.1, 0.15) is 5.75 Å². The van der Waals surface area contributed by atoms with Crippen LogP contribution >= 0.6 is 0 Å². The first-order valence-electron chi connectivity index (χ1n) is 5.23. The highest BCUT2D eigenvalue weighted by molar-refractivity contribution is 5.34. The summed E-state index contributed by atoms with van der Waals surface area (Å²) in [6.07, 6.45) is 2.00. The van der Waals surface area contributed by atoms with Gasteiger partial charge in [0.15, 0.2) is 0 Å². The highest BCUT2D eigenvalue weighted by Crippen LogP contribution is 2.22. The predicted octanol–water partition coefficient (Wildman–Crippen LogP) is 2.08. The number of ether oxygens (including phenoxy) is 1. The van der Waals surface area contributed by atoms with Gasteiger partial charge in [-0.2, -0.15) is 0 Å². The first-order chi connectivity index (χ1) is 7.72. The lowest BCUT2D eigenvalue weighted by atomic mass is 10.0. The third-order valence-electron chi connectivity index (χ3n) is 2.76. The summed E-state index contributed by atoms with van der Waals surface area (Å²) >= 11 is 0. The number of methoxy groups -OCH3 is 1. The summed E-state index contributed by atoms with van der Waals surface area (Å²) in [7, 11) is 3.66. The van der Waals surface area contributed by atoms with Crippen molar-refractivity contribution in [2.45, 2.75) is 6.04 Å². The van der Waals surface area contributed by atoms with Crippen molar-refractivity contribution in [3.63, 3.8) is 0 Å². The van der Waals surface area contributed by atoms with Crippen LogP contribution in [0.5, 0.6) is 5.75 Å². The zero-order chi connectivity index (χ0) is 11.5. The van der Waals surface area contributed by atoms with Gasteiger partial charge >= 0.3 is 0 Å². The molecule has 1 atom stereocenters. The minimum Gasteiger partial charge on any atom is -0.497 e. The molecule has 0 saturated carbocycles. The number of rotatable bonds is 3. The lowest BCUT2D eigenvalue weighted by Crippen LogP contribution is -2.15. The van der Waals surface area contributed by atoms with E-state index in [1.165, 1.54) is 0 Å². The molecule has 3 heteroatoms. The number of aryl methyl sites for hydroxylation is 1. The Labute approximate surface area is 95.5 Å². The molecule has 0 saturated heterocycles. The minimum absolute atomic E-state index is 0.116. The summed E-state index contributed by atoms with van der Waals surface area (Å²) < 4.78 is 7.22. The van der Waals surface area contributed by atoms with Crippen molar-refractivity contribution in [3.8, 4) is 5.75 Å². The molecular weight excluding hydrogens is 200 g/mol. The van der Waals surface area contributed by atoms with E-state index in [2.05, 4.69) is 0 Å². The van der Waals surface area contributed by atoms with Crippen LogP contribution in [0.4, 0.5) is 0 Å². The smallest absolute Gasteiger partial charge is 0.119 e. The van der Waals surface area contributed by atoms with Gasteiger partial charge in [0.2, 0.25) is 0 Å². The van der Waals surface area contributed by atoms with E-state index in [9.17, 15) is 0 Å².